The van der Waals surface area contributed by atoms with Crippen molar-refractivity contribution in [1.82, 2.24) is 0 Å². The Morgan fingerprint density at radius 1 is 1.13 bits per heavy atom. The summed E-state index contributed by atoms with van der Waals surface area (Å²) in [4.78, 5) is 11.3. The zero-order valence-corrected chi connectivity index (χ0v) is 12.5. The molecule has 0 aliphatic carbocycles. The van der Waals surface area contributed by atoms with E-state index in [4.69, 9.17) is 0 Å². The zero-order chi connectivity index (χ0) is 17.2. The van der Waals surface area contributed by atoms with Gasteiger partial charge in [0.25, 0.3) is 0 Å². The lowest BCUT2D eigenvalue weighted by molar-refractivity contribution is -0.137. The number of nitrogens with one attached hydrogen (secondary N) is 1. The van der Waals surface area contributed by atoms with Crippen molar-refractivity contribution in [2.45, 2.75) is 25.9 Å². The lowest BCUT2D eigenvalue weighted by Crippen LogP contribution is -2.12. The van der Waals surface area contributed by atoms with Crippen LogP contribution >= 0.6 is 0 Å². The average Bonchev–Trinajstić information content (AvgIpc) is 2.45. The van der Waals surface area contributed by atoms with E-state index in [1.807, 2.05) is 0 Å². The van der Waals surface area contributed by atoms with Gasteiger partial charge in [-0.2, -0.15) is 13.2 Å². The SMILES string of the molecule is CC(=O)Nc1ccc(C(F)(F)F)cc1C(C)c1cccc(F)c1. The number of alkyl halides is 3. The van der Waals surface area contributed by atoms with E-state index >= 15 is 0 Å². The van der Waals surface area contributed by atoms with Crippen LogP contribution in [0.2, 0.25) is 0 Å². The molecule has 0 spiro atoms. The van der Waals surface area contributed by atoms with Crippen molar-refractivity contribution < 1.29 is 22.4 Å². The van der Waals surface area contributed by atoms with Crippen molar-refractivity contribution in [3.63, 3.8) is 0 Å². The molecule has 0 saturated carbocycles. The predicted molar refractivity (Wildman–Crippen MR) is 79.7 cm³/mol. The van der Waals surface area contributed by atoms with Gasteiger partial charge in [-0.1, -0.05) is 19.1 Å². The van der Waals surface area contributed by atoms with Gasteiger partial charge in [0, 0.05) is 18.5 Å². The first-order valence-corrected chi connectivity index (χ1v) is 6.92. The molecule has 6 heteroatoms. The fourth-order valence-corrected chi connectivity index (χ4v) is 2.36. The maximum atomic E-state index is 13.4. The molecule has 122 valence electrons. The summed E-state index contributed by atoms with van der Waals surface area (Å²) < 4.78 is 52.2. The maximum Gasteiger partial charge on any atom is 0.416 e. The van der Waals surface area contributed by atoms with E-state index in [2.05, 4.69) is 5.32 Å². The normalized spacial score (nSPS) is 12.8. The third-order valence-electron chi connectivity index (χ3n) is 3.50. The van der Waals surface area contributed by atoms with E-state index in [-0.39, 0.29) is 11.3 Å². The second kappa shape index (κ2) is 6.40. The number of hydrogen-bond donors (Lipinski definition) is 1. The summed E-state index contributed by atoms with van der Waals surface area (Å²) >= 11 is 0. The Labute approximate surface area is 131 Å². The van der Waals surface area contributed by atoms with Gasteiger partial charge in [0.2, 0.25) is 5.91 Å². The summed E-state index contributed by atoms with van der Waals surface area (Å²) in [6, 6.07) is 8.77. The first-order valence-electron chi connectivity index (χ1n) is 6.92. The summed E-state index contributed by atoms with van der Waals surface area (Å²) in [5.74, 6) is -1.38. The molecular weight excluding hydrogens is 310 g/mol. The lowest BCUT2D eigenvalue weighted by atomic mass is 9.90. The predicted octanol–water partition coefficient (Wildman–Crippen LogP) is 4.95. The van der Waals surface area contributed by atoms with Crippen molar-refractivity contribution >= 4 is 11.6 Å². The fraction of sp³-hybridized carbons (Fsp3) is 0.235. The number of halogens is 4. The lowest BCUT2D eigenvalue weighted by Gasteiger charge is -2.19. The van der Waals surface area contributed by atoms with Crippen LogP contribution in [-0.4, -0.2) is 5.91 Å². The van der Waals surface area contributed by atoms with Crippen molar-refractivity contribution in [2.24, 2.45) is 0 Å². The molecule has 0 aromatic heterocycles. The molecule has 1 atom stereocenters. The quantitative estimate of drug-likeness (QED) is 0.795. The third-order valence-corrected chi connectivity index (χ3v) is 3.50. The minimum atomic E-state index is -4.49. The van der Waals surface area contributed by atoms with E-state index < -0.39 is 29.4 Å². The molecule has 2 rings (SSSR count). The zero-order valence-electron chi connectivity index (χ0n) is 12.5. The molecular formula is C17H15F4NO. The van der Waals surface area contributed by atoms with Gasteiger partial charge in [0.15, 0.2) is 0 Å². The molecule has 0 bridgehead atoms. The third kappa shape index (κ3) is 4.09. The van der Waals surface area contributed by atoms with Crippen molar-refractivity contribution in [1.29, 1.82) is 0 Å². The van der Waals surface area contributed by atoms with Crippen LogP contribution in [0.15, 0.2) is 42.5 Å². The topological polar surface area (TPSA) is 29.1 Å². The van der Waals surface area contributed by atoms with Gasteiger partial charge in [0.05, 0.1) is 5.56 Å². The molecule has 1 amide bonds. The largest absolute Gasteiger partial charge is 0.416 e. The highest BCUT2D eigenvalue weighted by Crippen LogP contribution is 2.36. The first-order chi connectivity index (χ1) is 10.7. The number of anilines is 1. The van der Waals surface area contributed by atoms with E-state index in [0.717, 1.165) is 12.1 Å². The number of benzene rings is 2. The van der Waals surface area contributed by atoms with Crippen LogP contribution in [0.4, 0.5) is 23.2 Å². The van der Waals surface area contributed by atoms with Gasteiger partial charge in [-0.25, -0.2) is 4.39 Å². The highest BCUT2D eigenvalue weighted by atomic mass is 19.4. The van der Waals surface area contributed by atoms with E-state index in [1.54, 1.807) is 13.0 Å². The summed E-state index contributed by atoms with van der Waals surface area (Å²) in [6.07, 6.45) is -4.49. The van der Waals surface area contributed by atoms with Crippen molar-refractivity contribution in [2.75, 3.05) is 5.32 Å². The minimum absolute atomic E-state index is 0.278. The number of carbonyl (C=O) groups is 1. The second-order valence-corrected chi connectivity index (χ2v) is 5.26. The molecule has 2 aromatic carbocycles. The van der Waals surface area contributed by atoms with Gasteiger partial charge in [0.1, 0.15) is 5.82 Å². The van der Waals surface area contributed by atoms with E-state index in [1.165, 1.54) is 31.2 Å². The van der Waals surface area contributed by atoms with Gasteiger partial charge >= 0.3 is 6.18 Å². The number of amides is 1. The van der Waals surface area contributed by atoms with Gasteiger partial charge < -0.3 is 5.32 Å². The molecule has 1 N–H and O–H groups in total. The second-order valence-electron chi connectivity index (χ2n) is 5.26. The van der Waals surface area contributed by atoms with Crippen LogP contribution in [0, 0.1) is 5.82 Å². The van der Waals surface area contributed by atoms with Crippen LogP contribution in [0.1, 0.15) is 36.5 Å². The molecule has 0 aliphatic heterocycles. The van der Waals surface area contributed by atoms with Crippen LogP contribution < -0.4 is 5.32 Å². The van der Waals surface area contributed by atoms with Crippen molar-refractivity contribution in [3.05, 3.63) is 65.0 Å². The van der Waals surface area contributed by atoms with Crippen LogP contribution in [0.3, 0.4) is 0 Å². The molecule has 0 saturated heterocycles. The molecule has 0 radical (unpaired) electrons. The highest BCUT2D eigenvalue weighted by Gasteiger charge is 2.31. The van der Waals surface area contributed by atoms with Crippen LogP contribution in [0.5, 0.6) is 0 Å². The van der Waals surface area contributed by atoms with Gasteiger partial charge in [-0.3, -0.25) is 4.79 Å². The molecule has 23 heavy (non-hydrogen) atoms. The Balaban J connectivity index is 2.54. The summed E-state index contributed by atoms with van der Waals surface area (Å²) in [5, 5.41) is 2.52. The number of carbonyl (C=O) groups excluding carboxylic acids is 1. The fourth-order valence-electron chi connectivity index (χ4n) is 2.36. The van der Waals surface area contributed by atoms with Crippen molar-refractivity contribution in [3.8, 4) is 0 Å². The molecule has 2 aromatic rings. The molecule has 0 fully saturated rings. The summed E-state index contributed by atoms with van der Waals surface area (Å²) in [7, 11) is 0. The minimum Gasteiger partial charge on any atom is -0.326 e. The smallest absolute Gasteiger partial charge is 0.326 e. The Hall–Kier alpha value is -2.37. The average molecular weight is 325 g/mol. The molecule has 2 nitrogen and oxygen atoms in total. The molecule has 1 unspecified atom stereocenters. The van der Waals surface area contributed by atoms with Gasteiger partial charge in [-0.15, -0.1) is 0 Å². The van der Waals surface area contributed by atoms with Crippen LogP contribution in [-0.2, 0) is 11.0 Å². The van der Waals surface area contributed by atoms with E-state index in [9.17, 15) is 22.4 Å². The van der Waals surface area contributed by atoms with E-state index in [0.29, 0.717) is 5.56 Å². The standard InChI is InChI=1S/C17H15F4NO/c1-10(12-4-3-5-14(18)8-12)15-9-13(17(19,20)21)6-7-16(15)22-11(2)23/h3-10H,1-2H3,(H,22,23). The Morgan fingerprint density at radius 2 is 1.83 bits per heavy atom. The van der Waals surface area contributed by atoms with Gasteiger partial charge in [-0.05, 0) is 41.5 Å². The first kappa shape index (κ1) is 17.0. The summed E-state index contributed by atoms with van der Waals surface area (Å²) in [5.41, 5.74) is 0.267. The maximum absolute atomic E-state index is 13.4. The summed E-state index contributed by atoms with van der Waals surface area (Å²) in [6.45, 7) is 2.93. The highest BCUT2D eigenvalue weighted by molar-refractivity contribution is 5.89. The molecule has 0 aliphatic rings. The Bertz CT molecular complexity index is 725. The Kier molecular flexibility index (Phi) is 4.73. The monoisotopic (exact) mass is 325 g/mol. The molecule has 0 heterocycles. The number of hydrogen-bond acceptors (Lipinski definition) is 1. The van der Waals surface area contributed by atoms with Crippen LogP contribution in [0.25, 0.3) is 0 Å². The number of rotatable bonds is 3. The Morgan fingerprint density at radius 3 is 2.39 bits per heavy atom.